The number of likely N-dealkylation sites (N-methyl/N-ethyl adjacent to an activating group) is 1. The summed E-state index contributed by atoms with van der Waals surface area (Å²) in [5.41, 5.74) is -0.195. The monoisotopic (exact) mass is 332 g/mol. The van der Waals surface area contributed by atoms with E-state index in [1.807, 2.05) is 4.90 Å². The topological polar surface area (TPSA) is 76.7 Å². The molecule has 1 N–H and O–H groups in total. The zero-order valence-corrected chi connectivity index (χ0v) is 14.0. The minimum absolute atomic E-state index is 0.00786. The third-order valence-corrected chi connectivity index (χ3v) is 4.99. The average Bonchev–Trinajstić information content (AvgIpc) is 2.62. The highest BCUT2D eigenvalue weighted by atomic mass is 16.2. The molecular weight excluding hydrogens is 308 g/mol. The molecule has 7 nitrogen and oxygen atoms in total. The highest BCUT2D eigenvalue weighted by molar-refractivity contribution is 5.94. The molecule has 0 bridgehead atoms. The van der Waals surface area contributed by atoms with E-state index in [0.29, 0.717) is 25.9 Å². The van der Waals surface area contributed by atoms with E-state index in [0.717, 1.165) is 26.2 Å². The van der Waals surface area contributed by atoms with Gasteiger partial charge in [-0.25, -0.2) is 0 Å². The SMILES string of the molecule is CN1CCN(C(=O)C2CCN(C(=O)c3ccc[nH]c3=O)CC2)CC1. The van der Waals surface area contributed by atoms with Gasteiger partial charge < -0.3 is 19.7 Å². The smallest absolute Gasteiger partial charge is 0.260 e. The number of aromatic nitrogens is 1. The highest BCUT2D eigenvalue weighted by Gasteiger charge is 2.31. The lowest BCUT2D eigenvalue weighted by Crippen LogP contribution is -2.51. The number of nitrogens with zero attached hydrogens (tertiary/aromatic N) is 3. The number of likely N-dealkylation sites (tertiary alicyclic amines) is 1. The average molecular weight is 332 g/mol. The molecule has 0 aliphatic carbocycles. The van der Waals surface area contributed by atoms with Crippen LogP contribution in [0.25, 0.3) is 0 Å². The van der Waals surface area contributed by atoms with Crippen LogP contribution in [0.3, 0.4) is 0 Å². The Morgan fingerprint density at radius 3 is 2.33 bits per heavy atom. The van der Waals surface area contributed by atoms with Gasteiger partial charge in [0.2, 0.25) is 5.91 Å². The van der Waals surface area contributed by atoms with Gasteiger partial charge in [0.15, 0.2) is 0 Å². The quantitative estimate of drug-likeness (QED) is 0.827. The summed E-state index contributed by atoms with van der Waals surface area (Å²) in [6, 6.07) is 3.20. The van der Waals surface area contributed by atoms with Crippen molar-refractivity contribution in [2.24, 2.45) is 5.92 Å². The fourth-order valence-electron chi connectivity index (χ4n) is 3.37. The Hall–Kier alpha value is -2.15. The van der Waals surface area contributed by atoms with Crippen LogP contribution < -0.4 is 5.56 Å². The number of hydrogen-bond donors (Lipinski definition) is 1. The molecule has 3 heterocycles. The third-order valence-electron chi connectivity index (χ3n) is 4.99. The van der Waals surface area contributed by atoms with Crippen LogP contribution >= 0.6 is 0 Å². The zero-order chi connectivity index (χ0) is 17.1. The van der Waals surface area contributed by atoms with Gasteiger partial charge in [0.25, 0.3) is 11.5 Å². The Labute approximate surface area is 141 Å². The number of pyridine rings is 1. The molecule has 2 saturated heterocycles. The van der Waals surface area contributed by atoms with Gasteiger partial charge in [-0.2, -0.15) is 0 Å². The van der Waals surface area contributed by atoms with Crippen LogP contribution in [0, 0.1) is 5.92 Å². The fourth-order valence-corrected chi connectivity index (χ4v) is 3.37. The van der Waals surface area contributed by atoms with Gasteiger partial charge in [-0.15, -0.1) is 0 Å². The summed E-state index contributed by atoms with van der Waals surface area (Å²) in [6.45, 7) is 4.45. The number of amides is 2. The minimum Gasteiger partial charge on any atom is -0.340 e. The van der Waals surface area contributed by atoms with Gasteiger partial charge in [0, 0.05) is 51.4 Å². The first kappa shape index (κ1) is 16.7. The van der Waals surface area contributed by atoms with Crippen LogP contribution in [0.15, 0.2) is 23.1 Å². The number of aromatic amines is 1. The number of carbonyl (C=O) groups excluding carboxylic acids is 2. The van der Waals surface area contributed by atoms with Crippen molar-refractivity contribution in [2.75, 3.05) is 46.3 Å². The molecule has 2 fully saturated rings. The van der Waals surface area contributed by atoms with Crippen LogP contribution in [0.1, 0.15) is 23.2 Å². The van der Waals surface area contributed by atoms with Crippen LogP contribution in [0.2, 0.25) is 0 Å². The van der Waals surface area contributed by atoms with Gasteiger partial charge in [0.1, 0.15) is 5.56 Å². The first-order valence-corrected chi connectivity index (χ1v) is 8.50. The number of piperazine rings is 1. The minimum atomic E-state index is -0.363. The summed E-state index contributed by atoms with van der Waals surface area (Å²) in [7, 11) is 2.07. The number of hydrogen-bond acceptors (Lipinski definition) is 4. The van der Waals surface area contributed by atoms with Gasteiger partial charge in [-0.3, -0.25) is 14.4 Å². The molecule has 0 radical (unpaired) electrons. The molecule has 2 aliphatic heterocycles. The Morgan fingerprint density at radius 2 is 1.71 bits per heavy atom. The number of H-pyrrole nitrogens is 1. The van der Waals surface area contributed by atoms with E-state index in [1.54, 1.807) is 17.0 Å². The lowest BCUT2D eigenvalue weighted by atomic mass is 9.94. The molecule has 0 spiro atoms. The lowest BCUT2D eigenvalue weighted by molar-refractivity contribution is -0.138. The zero-order valence-electron chi connectivity index (χ0n) is 14.0. The molecule has 24 heavy (non-hydrogen) atoms. The normalized spacial score (nSPS) is 20.2. The second-order valence-corrected chi connectivity index (χ2v) is 6.61. The van der Waals surface area contributed by atoms with Gasteiger partial charge in [0.05, 0.1) is 0 Å². The number of piperidine rings is 1. The van der Waals surface area contributed by atoms with Crippen LogP contribution in [0.5, 0.6) is 0 Å². The molecule has 0 atom stereocenters. The Kier molecular flexibility index (Phi) is 4.99. The van der Waals surface area contributed by atoms with Crippen molar-refractivity contribution >= 4 is 11.8 Å². The molecule has 2 aliphatic rings. The van der Waals surface area contributed by atoms with Crippen molar-refractivity contribution in [3.8, 4) is 0 Å². The molecule has 0 aromatic carbocycles. The number of rotatable bonds is 2. The van der Waals surface area contributed by atoms with E-state index in [-0.39, 0.29) is 28.9 Å². The summed E-state index contributed by atoms with van der Waals surface area (Å²) in [5, 5.41) is 0. The van der Waals surface area contributed by atoms with Crippen molar-refractivity contribution in [1.82, 2.24) is 19.7 Å². The molecule has 3 rings (SSSR count). The largest absolute Gasteiger partial charge is 0.340 e. The molecule has 2 amide bonds. The Morgan fingerprint density at radius 1 is 1.04 bits per heavy atom. The lowest BCUT2D eigenvalue weighted by Gasteiger charge is -2.37. The summed E-state index contributed by atoms with van der Waals surface area (Å²) >= 11 is 0. The number of carbonyl (C=O) groups is 2. The van der Waals surface area contributed by atoms with E-state index in [1.165, 1.54) is 6.20 Å². The molecule has 1 aromatic rings. The van der Waals surface area contributed by atoms with Crippen molar-refractivity contribution in [1.29, 1.82) is 0 Å². The first-order chi connectivity index (χ1) is 11.6. The highest BCUT2D eigenvalue weighted by Crippen LogP contribution is 2.21. The fraction of sp³-hybridized carbons (Fsp3) is 0.588. The van der Waals surface area contributed by atoms with Gasteiger partial charge >= 0.3 is 0 Å². The van der Waals surface area contributed by atoms with Crippen molar-refractivity contribution in [3.05, 3.63) is 34.2 Å². The predicted octanol–water partition coefficient (Wildman–Crippen LogP) is 0.00110. The second kappa shape index (κ2) is 7.17. The van der Waals surface area contributed by atoms with E-state index < -0.39 is 0 Å². The van der Waals surface area contributed by atoms with Gasteiger partial charge in [-0.1, -0.05) is 0 Å². The Balaban J connectivity index is 1.56. The molecule has 7 heteroatoms. The van der Waals surface area contributed by atoms with Crippen LogP contribution in [-0.4, -0.2) is 77.8 Å². The van der Waals surface area contributed by atoms with Crippen molar-refractivity contribution < 1.29 is 9.59 Å². The number of nitrogens with one attached hydrogen (secondary N) is 1. The maximum Gasteiger partial charge on any atom is 0.260 e. The second-order valence-electron chi connectivity index (χ2n) is 6.61. The standard InChI is InChI=1S/C17H24N4O3/c1-19-9-11-21(12-10-19)16(23)13-4-7-20(8-5-13)17(24)14-3-2-6-18-15(14)22/h2-3,6,13H,4-5,7-12H2,1H3,(H,18,22). The summed E-state index contributed by atoms with van der Waals surface area (Å²) < 4.78 is 0. The first-order valence-electron chi connectivity index (χ1n) is 8.50. The predicted molar refractivity (Wildman–Crippen MR) is 89.8 cm³/mol. The summed E-state index contributed by atoms with van der Waals surface area (Å²) in [6.07, 6.45) is 2.85. The molecule has 0 saturated carbocycles. The Bertz CT molecular complexity index is 656. The van der Waals surface area contributed by atoms with E-state index >= 15 is 0 Å². The van der Waals surface area contributed by atoms with Crippen LogP contribution in [-0.2, 0) is 4.79 Å². The van der Waals surface area contributed by atoms with E-state index in [4.69, 9.17) is 0 Å². The molecule has 130 valence electrons. The van der Waals surface area contributed by atoms with Gasteiger partial charge in [-0.05, 0) is 32.0 Å². The molecular formula is C17H24N4O3. The molecule has 0 unspecified atom stereocenters. The van der Waals surface area contributed by atoms with Crippen LogP contribution in [0.4, 0.5) is 0 Å². The maximum atomic E-state index is 12.6. The molecule has 1 aromatic heterocycles. The van der Waals surface area contributed by atoms with Crippen molar-refractivity contribution in [2.45, 2.75) is 12.8 Å². The summed E-state index contributed by atoms with van der Waals surface area (Å²) in [4.78, 5) is 45.2. The summed E-state index contributed by atoms with van der Waals surface area (Å²) in [5.74, 6) is -0.0402. The maximum absolute atomic E-state index is 12.6. The third kappa shape index (κ3) is 3.51. The van der Waals surface area contributed by atoms with Crippen molar-refractivity contribution in [3.63, 3.8) is 0 Å². The van der Waals surface area contributed by atoms with E-state index in [9.17, 15) is 14.4 Å². The van der Waals surface area contributed by atoms with E-state index in [2.05, 4.69) is 16.9 Å².